The van der Waals surface area contributed by atoms with Crippen LogP contribution in [0.5, 0.6) is 0 Å². The average molecular weight is 317 g/mol. The molecule has 5 heteroatoms. The number of halogens is 1. The predicted molar refractivity (Wildman–Crippen MR) is 87.0 cm³/mol. The number of nitrogens with zero attached hydrogens (tertiary/aromatic N) is 1. The van der Waals surface area contributed by atoms with Gasteiger partial charge in [0, 0.05) is 15.1 Å². The summed E-state index contributed by atoms with van der Waals surface area (Å²) in [5.74, 6) is -0.214. The number of thiophene rings is 1. The summed E-state index contributed by atoms with van der Waals surface area (Å²) < 4.78 is 0. The summed E-state index contributed by atoms with van der Waals surface area (Å²) in [5, 5.41) is 4.99. The van der Waals surface area contributed by atoms with E-state index in [0.29, 0.717) is 17.4 Å². The highest BCUT2D eigenvalue weighted by Crippen LogP contribution is 2.22. The van der Waals surface area contributed by atoms with Crippen LogP contribution in [0.1, 0.15) is 20.2 Å². The first-order valence-electron chi connectivity index (χ1n) is 6.52. The molecule has 3 aromatic rings. The van der Waals surface area contributed by atoms with Gasteiger partial charge >= 0.3 is 0 Å². The molecule has 0 radical (unpaired) electrons. The van der Waals surface area contributed by atoms with Crippen LogP contribution >= 0.6 is 22.9 Å². The fourth-order valence-electron chi connectivity index (χ4n) is 2.11. The van der Waals surface area contributed by atoms with E-state index in [1.807, 2.05) is 43.3 Å². The molecule has 2 heterocycles. The Morgan fingerprint density at radius 1 is 1.29 bits per heavy atom. The summed E-state index contributed by atoms with van der Waals surface area (Å²) in [6.45, 7) is 2.55. The van der Waals surface area contributed by atoms with E-state index in [1.165, 1.54) is 4.88 Å². The zero-order chi connectivity index (χ0) is 14.8. The van der Waals surface area contributed by atoms with Gasteiger partial charge in [-0.1, -0.05) is 35.9 Å². The molecule has 0 fully saturated rings. The summed E-state index contributed by atoms with van der Waals surface area (Å²) in [7, 11) is 0. The second-order valence-corrected chi connectivity index (χ2v) is 6.44. The van der Waals surface area contributed by atoms with Gasteiger partial charge in [0.15, 0.2) is 0 Å². The largest absolute Gasteiger partial charge is 0.346 e. The molecule has 0 saturated carbocycles. The molecule has 0 saturated heterocycles. The summed E-state index contributed by atoms with van der Waals surface area (Å²) in [4.78, 5) is 18.7. The van der Waals surface area contributed by atoms with Gasteiger partial charge in [0.2, 0.25) is 0 Å². The summed E-state index contributed by atoms with van der Waals surface area (Å²) in [5.41, 5.74) is 0.340. The molecule has 0 unspecified atom stereocenters. The molecule has 0 aliphatic heterocycles. The first-order chi connectivity index (χ1) is 10.1. The number of hydrogen-bond donors (Lipinski definition) is 1. The molecule has 0 aliphatic carbocycles. The maximum Gasteiger partial charge on any atom is 0.270 e. The van der Waals surface area contributed by atoms with E-state index in [1.54, 1.807) is 17.4 Å². The summed E-state index contributed by atoms with van der Waals surface area (Å²) in [6.07, 6.45) is 0. The smallest absolute Gasteiger partial charge is 0.270 e. The van der Waals surface area contributed by atoms with E-state index in [9.17, 15) is 4.79 Å². The standard InChI is InChI=1S/C16H13ClN2OS/c1-10-6-7-12(21-10)9-18-16(20)14-8-11-4-2-3-5-13(11)15(17)19-14/h2-8H,9H2,1H3,(H,18,20). The van der Waals surface area contributed by atoms with Crippen LogP contribution in [0.2, 0.25) is 5.15 Å². The lowest BCUT2D eigenvalue weighted by atomic mass is 10.1. The zero-order valence-electron chi connectivity index (χ0n) is 11.4. The second-order valence-electron chi connectivity index (χ2n) is 4.71. The summed E-state index contributed by atoms with van der Waals surface area (Å²) >= 11 is 7.81. The molecular formula is C16H13ClN2OS. The molecule has 3 rings (SSSR count). The van der Waals surface area contributed by atoms with Gasteiger partial charge in [-0.3, -0.25) is 4.79 Å². The third-order valence-corrected chi connectivity index (χ3v) is 4.43. The fraction of sp³-hybridized carbons (Fsp3) is 0.125. The molecular weight excluding hydrogens is 304 g/mol. The van der Waals surface area contributed by atoms with Gasteiger partial charge in [0.1, 0.15) is 10.8 Å². The molecule has 0 bridgehead atoms. The maximum atomic E-state index is 12.2. The molecule has 1 aromatic carbocycles. The minimum Gasteiger partial charge on any atom is -0.346 e. The Labute approximate surface area is 131 Å². The van der Waals surface area contributed by atoms with Crippen molar-refractivity contribution in [1.29, 1.82) is 0 Å². The van der Waals surface area contributed by atoms with Gasteiger partial charge in [-0.25, -0.2) is 4.98 Å². The van der Waals surface area contributed by atoms with Crippen LogP contribution in [0.15, 0.2) is 42.5 Å². The Morgan fingerprint density at radius 3 is 2.86 bits per heavy atom. The van der Waals surface area contributed by atoms with E-state index in [-0.39, 0.29) is 5.91 Å². The van der Waals surface area contributed by atoms with E-state index < -0.39 is 0 Å². The molecule has 106 valence electrons. The van der Waals surface area contributed by atoms with Crippen molar-refractivity contribution in [2.75, 3.05) is 0 Å². The number of carbonyl (C=O) groups excluding carboxylic acids is 1. The Hall–Kier alpha value is -1.91. The number of hydrogen-bond acceptors (Lipinski definition) is 3. The fourth-order valence-corrected chi connectivity index (χ4v) is 3.20. The molecule has 1 amide bonds. The molecule has 0 atom stereocenters. The van der Waals surface area contributed by atoms with Gasteiger partial charge in [0.25, 0.3) is 5.91 Å². The lowest BCUT2D eigenvalue weighted by molar-refractivity contribution is 0.0946. The second kappa shape index (κ2) is 5.84. The van der Waals surface area contributed by atoms with E-state index in [2.05, 4.69) is 10.3 Å². The minimum absolute atomic E-state index is 0.214. The third kappa shape index (κ3) is 3.06. The van der Waals surface area contributed by atoms with Gasteiger partial charge in [-0.15, -0.1) is 11.3 Å². The third-order valence-electron chi connectivity index (χ3n) is 3.15. The van der Waals surface area contributed by atoms with Crippen LogP contribution < -0.4 is 5.32 Å². The molecule has 3 nitrogen and oxygen atoms in total. The number of nitrogens with one attached hydrogen (secondary N) is 1. The number of pyridine rings is 1. The lowest BCUT2D eigenvalue weighted by Crippen LogP contribution is -2.23. The van der Waals surface area contributed by atoms with Gasteiger partial charge < -0.3 is 5.32 Å². The molecule has 1 N–H and O–H groups in total. The maximum absolute atomic E-state index is 12.2. The normalized spacial score (nSPS) is 10.8. The highest BCUT2D eigenvalue weighted by molar-refractivity contribution is 7.11. The molecule has 21 heavy (non-hydrogen) atoms. The van der Waals surface area contributed by atoms with Crippen LogP contribution in [0, 0.1) is 6.92 Å². The quantitative estimate of drug-likeness (QED) is 0.736. The summed E-state index contributed by atoms with van der Waals surface area (Å²) in [6, 6.07) is 13.4. The molecule has 0 spiro atoms. The Bertz CT molecular complexity index is 813. The van der Waals surface area contributed by atoms with Crippen LogP contribution in [-0.2, 0) is 6.54 Å². The first-order valence-corrected chi connectivity index (χ1v) is 7.72. The van der Waals surface area contributed by atoms with Crippen molar-refractivity contribution in [1.82, 2.24) is 10.3 Å². The van der Waals surface area contributed by atoms with E-state index in [4.69, 9.17) is 11.6 Å². The average Bonchev–Trinajstić information content (AvgIpc) is 2.90. The number of fused-ring (bicyclic) bond motifs is 1. The zero-order valence-corrected chi connectivity index (χ0v) is 13.0. The Balaban J connectivity index is 1.81. The number of benzene rings is 1. The lowest BCUT2D eigenvalue weighted by Gasteiger charge is -2.06. The van der Waals surface area contributed by atoms with Gasteiger partial charge in [0.05, 0.1) is 6.54 Å². The van der Waals surface area contributed by atoms with Crippen LogP contribution in [0.3, 0.4) is 0 Å². The monoisotopic (exact) mass is 316 g/mol. The van der Waals surface area contributed by atoms with Crippen molar-refractivity contribution in [3.8, 4) is 0 Å². The topological polar surface area (TPSA) is 42.0 Å². The highest BCUT2D eigenvalue weighted by atomic mass is 35.5. The molecule has 0 aliphatic rings. The van der Waals surface area contributed by atoms with Gasteiger partial charge in [-0.2, -0.15) is 0 Å². The van der Waals surface area contributed by atoms with E-state index >= 15 is 0 Å². The van der Waals surface area contributed by atoms with Crippen LogP contribution in [-0.4, -0.2) is 10.9 Å². The number of carbonyl (C=O) groups is 1. The number of amides is 1. The van der Waals surface area contributed by atoms with Crippen molar-refractivity contribution in [2.45, 2.75) is 13.5 Å². The highest BCUT2D eigenvalue weighted by Gasteiger charge is 2.11. The first kappa shape index (κ1) is 14.0. The minimum atomic E-state index is -0.214. The van der Waals surface area contributed by atoms with Crippen LogP contribution in [0.4, 0.5) is 0 Å². The van der Waals surface area contributed by atoms with E-state index in [0.717, 1.165) is 15.6 Å². The molecule has 2 aromatic heterocycles. The SMILES string of the molecule is Cc1ccc(CNC(=O)c2cc3ccccc3c(Cl)n2)s1. The number of aryl methyl sites for hydroxylation is 1. The van der Waals surface area contributed by atoms with Gasteiger partial charge in [-0.05, 0) is 30.5 Å². The van der Waals surface area contributed by atoms with Crippen molar-refractivity contribution >= 4 is 39.6 Å². The van der Waals surface area contributed by atoms with Crippen molar-refractivity contribution in [3.05, 3.63) is 63.1 Å². The number of aromatic nitrogens is 1. The van der Waals surface area contributed by atoms with Crippen molar-refractivity contribution in [3.63, 3.8) is 0 Å². The Morgan fingerprint density at radius 2 is 2.10 bits per heavy atom. The van der Waals surface area contributed by atoms with Crippen molar-refractivity contribution < 1.29 is 4.79 Å². The Kier molecular flexibility index (Phi) is 3.90. The van der Waals surface area contributed by atoms with Crippen LogP contribution in [0.25, 0.3) is 10.8 Å². The predicted octanol–water partition coefficient (Wildman–Crippen LogP) is 4.19. The van der Waals surface area contributed by atoms with Crippen molar-refractivity contribution in [2.24, 2.45) is 0 Å². The number of rotatable bonds is 3.